The summed E-state index contributed by atoms with van der Waals surface area (Å²) >= 11 is 1.61. The van der Waals surface area contributed by atoms with Crippen molar-refractivity contribution in [2.75, 3.05) is 38.8 Å². The maximum atomic E-state index is 9.86. The van der Waals surface area contributed by atoms with Crippen molar-refractivity contribution in [2.45, 2.75) is 19.6 Å². The summed E-state index contributed by atoms with van der Waals surface area (Å²) in [7, 11) is 3.53. The lowest BCUT2D eigenvalue weighted by Gasteiger charge is -2.21. The highest BCUT2D eigenvalue weighted by Crippen LogP contribution is 2.24. The molecule has 1 atom stereocenters. The van der Waals surface area contributed by atoms with Crippen molar-refractivity contribution in [3.8, 4) is 0 Å². The standard InChI is InChI=1S/C13H22N4O2S/c1-4-14-7-11-12(15-13-17(11)5-6-20-13)16(2)8-10(18)9-19-3/h5-6,10,14,18H,4,7-9H2,1-3H3. The number of nitrogens with zero attached hydrogens (tertiary/aromatic N) is 3. The number of thiazole rings is 1. The largest absolute Gasteiger partial charge is 0.389 e. The molecule has 2 aromatic rings. The molecule has 0 saturated carbocycles. The van der Waals surface area contributed by atoms with Gasteiger partial charge in [0.25, 0.3) is 0 Å². The second kappa shape index (κ2) is 7.03. The number of aromatic nitrogens is 2. The Morgan fingerprint density at radius 3 is 3.10 bits per heavy atom. The van der Waals surface area contributed by atoms with Crippen LogP contribution in [-0.2, 0) is 11.3 Å². The Morgan fingerprint density at radius 2 is 2.40 bits per heavy atom. The number of nitrogens with one attached hydrogen (secondary N) is 1. The minimum atomic E-state index is -0.517. The highest BCUT2D eigenvalue weighted by Gasteiger charge is 2.18. The van der Waals surface area contributed by atoms with Crippen LogP contribution in [0.3, 0.4) is 0 Å². The number of anilines is 1. The number of methoxy groups -OCH3 is 1. The van der Waals surface area contributed by atoms with Crippen molar-refractivity contribution in [3.05, 3.63) is 17.3 Å². The fraction of sp³-hybridized carbons (Fsp3) is 0.615. The lowest BCUT2D eigenvalue weighted by atomic mass is 10.3. The Bertz CT molecular complexity index is 539. The molecule has 0 saturated heterocycles. The van der Waals surface area contributed by atoms with Crippen molar-refractivity contribution < 1.29 is 9.84 Å². The van der Waals surface area contributed by atoms with Gasteiger partial charge in [-0.2, -0.15) is 0 Å². The van der Waals surface area contributed by atoms with Crippen molar-refractivity contribution in [1.82, 2.24) is 14.7 Å². The summed E-state index contributed by atoms with van der Waals surface area (Å²) in [6, 6.07) is 0. The Balaban J connectivity index is 2.20. The number of imidazole rings is 1. The third-order valence-corrected chi connectivity index (χ3v) is 3.84. The second-order valence-corrected chi connectivity index (χ2v) is 5.58. The van der Waals surface area contributed by atoms with E-state index in [0.717, 1.165) is 29.6 Å². The first-order chi connectivity index (χ1) is 9.67. The molecule has 7 heteroatoms. The molecule has 1 unspecified atom stereocenters. The molecule has 112 valence electrons. The lowest BCUT2D eigenvalue weighted by Crippen LogP contribution is -2.33. The molecule has 0 aliphatic rings. The SMILES string of the molecule is CCNCc1c(N(C)CC(O)COC)nc2sccn12. The highest BCUT2D eigenvalue weighted by atomic mass is 32.1. The molecule has 2 N–H and O–H groups in total. The van der Waals surface area contributed by atoms with E-state index in [0.29, 0.717) is 13.2 Å². The van der Waals surface area contributed by atoms with Gasteiger partial charge in [-0.15, -0.1) is 11.3 Å². The summed E-state index contributed by atoms with van der Waals surface area (Å²) in [5, 5.41) is 15.2. The van der Waals surface area contributed by atoms with Crippen molar-refractivity contribution in [1.29, 1.82) is 0 Å². The molecular formula is C13H22N4O2S. The van der Waals surface area contributed by atoms with E-state index < -0.39 is 6.10 Å². The maximum Gasteiger partial charge on any atom is 0.195 e. The zero-order chi connectivity index (χ0) is 14.5. The fourth-order valence-corrected chi connectivity index (χ4v) is 2.91. The van der Waals surface area contributed by atoms with Gasteiger partial charge in [-0.1, -0.05) is 6.92 Å². The predicted octanol–water partition coefficient (Wildman–Crippen LogP) is 0.949. The minimum Gasteiger partial charge on any atom is -0.389 e. The van der Waals surface area contributed by atoms with Crippen molar-refractivity contribution >= 4 is 22.1 Å². The van der Waals surface area contributed by atoms with E-state index in [9.17, 15) is 5.11 Å². The van der Waals surface area contributed by atoms with Gasteiger partial charge in [-0.25, -0.2) is 4.98 Å². The molecule has 20 heavy (non-hydrogen) atoms. The van der Waals surface area contributed by atoms with Crippen LogP contribution in [0.5, 0.6) is 0 Å². The summed E-state index contributed by atoms with van der Waals surface area (Å²) < 4.78 is 7.07. The minimum absolute atomic E-state index is 0.328. The number of ether oxygens (including phenoxy) is 1. The van der Waals surface area contributed by atoms with Crippen LogP contribution in [0.1, 0.15) is 12.6 Å². The van der Waals surface area contributed by atoms with Gasteiger partial charge in [0, 0.05) is 38.8 Å². The lowest BCUT2D eigenvalue weighted by molar-refractivity contribution is 0.0694. The number of rotatable bonds is 8. The molecule has 0 aliphatic carbocycles. The summed E-state index contributed by atoms with van der Waals surface area (Å²) in [6.45, 7) is 4.58. The molecule has 2 aromatic heterocycles. The van der Waals surface area contributed by atoms with Crippen LogP contribution in [0.25, 0.3) is 4.96 Å². The van der Waals surface area contributed by atoms with Crippen molar-refractivity contribution in [2.24, 2.45) is 0 Å². The second-order valence-electron chi connectivity index (χ2n) is 4.71. The van der Waals surface area contributed by atoms with Crippen molar-refractivity contribution in [3.63, 3.8) is 0 Å². The summed E-state index contributed by atoms with van der Waals surface area (Å²) in [5.41, 5.74) is 1.12. The number of hydrogen-bond acceptors (Lipinski definition) is 6. The van der Waals surface area contributed by atoms with Crippen LogP contribution < -0.4 is 10.2 Å². The van der Waals surface area contributed by atoms with Crippen LogP contribution in [-0.4, -0.2) is 54.4 Å². The van der Waals surface area contributed by atoms with Crippen LogP contribution in [0, 0.1) is 0 Å². The smallest absolute Gasteiger partial charge is 0.195 e. The number of aliphatic hydroxyl groups is 1. The van der Waals surface area contributed by atoms with Gasteiger partial charge in [0.1, 0.15) is 0 Å². The van der Waals surface area contributed by atoms with E-state index in [1.165, 1.54) is 0 Å². The number of hydrogen-bond donors (Lipinski definition) is 2. The summed E-state index contributed by atoms with van der Waals surface area (Å²) in [4.78, 5) is 7.61. The predicted molar refractivity (Wildman–Crippen MR) is 81.6 cm³/mol. The summed E-state index contributed by atoms with van der Waals surface area (Å²) in [5.74, 6) is 0.910. The van der Waals surface area contributed by atoms with Gasteiger partial charge in [-0.05, 0) is 6.54 Å². The first-order valence-electron chi connectivity index (χ1n) is 6.70. The van der Waals surface area contributed by atoms with Gasteiger partial charge in [-0.3, -0.25) is 4.40 Å². The average molecular weight is 298 g/mol. The molecule has 0 fully saturated rings. The fourth-order valence-electron chi connectivity index (χ4n) is 2.18. The first-order valence-corrected chi connectivity index (χ1v) is 7.58. The first kappa shape index (κ1) is 15.2. The van der Waals surface area contributed by atoms with E-state index in [-0.39, 0.29) is 0 Å². The molecule has 0 amide bonds. The van der Waals surface area contributed by atoms with E-state index in [1.807, 2.05) is 23.5 Å². The van der Waals surface area contributed by atoms with Crippen LogP contribution >= 0.6 is 11.3 Å². The Labute approximate surface area is 123 Å². The van der Waals surface area contributed by atoms with Crippen LogP contribution in [0.15, 0.2) is 11.6 Å². The Morgan fingerprint density at radius 1 is 1.60 bits per heavy atom. The van der Waals surface area contributed by atoms with Gasteiger partial charge < -0.3 is 20.1 Å². The quantitative estimate of drug-likeness (QED) is 0.760. The van der Waals surface area contributed by atoms with E-state index in [4.69, 9.17) is 4.74 Å². The zero-order valence-electron chi connectivity index (χ0n) is 12.2. The molecule has 0 aromatic carbocycles. The number of fused-ring (bicyclic) bond motifs is 1. The zero-order valence-corrected chi connectivity index (χ0v) is 13.0. The highest BCUT2D eigenvalue weighted by molar-refractivity contribution is 7.15. The molecule has 0 bridgehead atoms. The van der Waals surface area contributed by atoms with Gasteiger partial charge >= 0.3 is 0 Å². The molecule has 2 heterocycles. The molecule has 6 nitrogen and oxygen atoms in total. The third kappa shape index (κ3) is 3.29. The average Bonchev–Trinajstić information content (AvgIpc) is 2.97. The maximum absolute atomic E-state index is 9.86. The normalized spacial score (nSPS) is 13.0. The van der Waals surface area contributed by atoms with E-state index in [2.05, 4.69) is 21.6 Å². The van der Waals surface area contributed by atoms with Crippen LogP contribution in [0.2, 0.25) is 0 Å². The van der Waals surface area contributed by atoms with Crippen LogP contribution in [0.4, 0.5) is 5.82 Å². The summed E-state index contributed by atoms with van der Waals surface area (Å²) in [6.07, 6.45) is 1.51. The molecule has 2 rings (SSSR count). The Hall–Kier alpha value is -1.15. The number of likely N-dealkylation sites (N-methyl/N-ethyl adjacent to an activating group) is 1. The van der Waals surface area contributed by atoms with Gasteiger partial charge in [0.2, 0.25) is 0 Å². The topological polar surface area (TPSA) is 62.0 Å². The number of aliphatic hydroxyl groups excluding tert-OH is 1. The third-order valence-electron chi connectivity index (χ3n) is 3.09. The molecular weight excluding hydrogens is 276 g/mol. The monoisotopic (exact) mass is 298 g/mol. The van der Waals surface area contributed by atoms with Gasteiger partial charge in [0.15, 0.2) is 10.8 Å². The van der Waals surface area contributed by atoms with E-state index >= 15 is 0 Å². The van der Waals surface area contributed by atoms with Gasteiger partial charge in [0.05, 0.1) is 18.4 Å². The molecule has 0 spiro atoms. The van der Waals surface area contributed by atoms with E-state index in [1.54, 1.807) is 18.4 Å². The molecule has 0 radical (unpaired) electrons. The Kier molecular flexibility index (Phi) is 5.36. The molecule has 0 aliphatic heterocycles.